The molecule has 0 unspecified atom stereocenters. The van der Waals surface area contributed by atoms with E-state index in [2.05, 4.69) is 43.2 Å². The molecule has 2 N–H and O–H groups in total. The summed E-state index contributed by atoms with van der Waals surface area (Å²) in [6, 6.07) is 6.31. The van der Waals surface area contributed by atoms with Crippen molar-refractivity contribution in [2.75, 3.05) is 24.2 Å². The van der Waals surface area contributed by atoms with Gasteiger partial charge in [-0.15, -0.1) is 11.8 Å². The minimum absolute atomic E-state index is 0.378. The molecule has 0 atom stereocenters. The lowest BCUT2D eigenvalue weighted by atomic mass is 9.93. The molecule has 0 saturated carbocycles. The molecule has 98 valence electrons. The van der Waals surface area contributed by atoms with Gasteiger partial charge in [0.25, 0.3) is 0 Å². The summed E-state index contributed by atoms with van der Waals surface area (Å²) >= 11 is 6.94. The molecule has 0 bridgehead atoms. The van der Waals surface area contributed by atoms with Crippen LogP contribution < -0.4 is 10.6 Å². The van der Waals surface area contributed by atoms with Gasteiger partial charge in [0, 0.05) is 29.2 Å². The Labute approximate surface area is 119 Å². The molecule has 0 spiro atoms. The molecule has 1 aliphatic rings. The maximum atomic E-state index is 5.92. The van der Waals surface area contributed by atoms with Crippen molar-refractivity contribution in [3.8, 4) is 0 Å². The molecule has 1 aromatic carbocycles. The second kappa shape index (κ2) is 5.10. The van der Waals surface area contributed by atoms with E-state index < -0.39 is 0 Å². The number of nitrogens with zero attached hydrogens (tertiary/aromatic N) is 1. The van der Waals surface area contributed by atoms with Gasteiger partial charge < -0.3 is 10.6 Å². The number of hydrogen-bond acceptors (Lipinski definition) is 3. The van der Waals surface area contributed by atoms with Crippen molar-refractivity contribution >= 4 is 34.7 Å². The second-order valence-corrected chi connectivity index (χ2v) is 6.84. The molecule has 1 aliphatic heterocycles. The smallest absolute Gasteiger partial charge is 0.107 e. The minimum atomic E-state index is 0.378. The lowest BCUT2D eigenvalue weighted by molar-refractivity contribution is 0.418. The molecule has 1 aromatic rings. The summed E-state index contributed by atoms with van der Waals surface area (Å²) < 4.78 is 0. The highest BCUT2D eigenvalue weighted by molar-refractivity contribution is 7.98. The summed E-state index contributed by atoms with van der Waals surface area (Å²) in [5.41, 5.74) is 8.53. The van der Waals surface area contributed by atoms with Gasteiger partial charge in [-0.1, -0.05) is 32.1 Å². The molecule has 0 aliphatic carbocycles. The van der Waals surface area contributed by atoms with Gasteiger partial charge in [-0.3, -0.25) is 0 Å². The highest BCUT2D eigenvalue weighted by Gasteiger charge is 2.30. The molecule has 4 heteroatoms. The van der Waals surface area contributed by atoms with Gasteiger partial charge in [-0.2, -0.15) is 0 Å². The molecular formula is C14H20N2S2. The van der Waals surface area contributed by atoms with E-state index in [1.165, 1.54) is 17.0 Å². The van der Waals surface area contributed by atoms with Crippen molar-refractivity contribution in [2.24, 2.45) is 11.1 Å². The summed E-state index contributed by atoms with van der Waals surface area (Å²) in [7, 11) is 0. The van der Waals surface area contributed by atoms with Crippen LogP contribution in [0, 0.1) is 5.41 Å². The molecule has 0 radical (unpaired) electrons. The van der Waals surface area contributed by atoms with Crippen LogP contribution in [-0.2, 0) is 0 Å². The fourth-order valence-electron chi connectivity index (χ4n) is 2.52. The van der Waals surface area contributed by atoms with Crippen LogP contribution in [0.2, 0.25) is 0 Å². The van der Waals surface area contributed by atoms with E-state index in [4.69, 9.17) is 18.0 Å². The fourth-order valence-corrected chi connectivity index (χ4v) is 3.43. The van der Waals surface area contributed by atoms with Gasteiger partial charge in [0.1, 0.15) is 4.99 Å². The fraction of sp³-hybridized carbons (Fsp3) is 0.500. The Kier molecular flexibility index (Phi) is 3.87. The van der Waals surface area contributed by atoms with Crippen LogP contribution in [-0.4, -0.2) is 24.3 Å². The third-order valence-corrected chi connectivity index (χ3v) is 4.47. The number of rotatable bonds is 3. The lowest BCUT2D eigenvalue weighted by Gasteiger charge is -2.25. The van der Waals surface area contributed by atoms with Crippen LogP contribution >= 0.6 is 24.0 Å². The molecule has 18 heavy (non-hydrogen) atoms. The first-order valence-corrected chi connectivity index (χ1v) is 7.80. The van der Waals surface area contributed by atoms with Crippen LogP contribution in [0.15, 0.2) is 23.1 Å². The number of anilines is 1. The summed E-state index contributed by atoms with van der Waals surface area (Å²) in [5, 5.41) is 0. The average molecular weight is 280 g/mol. The summed E-state index contributed by atoms with van der Waals surface area (Å²) in [5.74, 6) is 0. The quantitative estimate of drug-likeness (QED) is 0.679. The third kappa shape index (κ3) is 2.64. The first kappa shape index (κ1) is 13.7. The minimum Gasteiger partial charge on any atom is -0.389 e. The Hall–Kier alpha value is -0.740. The van der Waals surface area contributed by atoms with Crippen molar-refractivity contribution in [2.45, 2.75) is 25.2 Å². The number of hydrogen-bond donors (Lipinski definition) is 1. The van der Waals surface area contributed by atoms with Gasteiger partial charge in [0.15, 0.2) is 0 Å². The molecule has 1 fully saturated rings. The molecule has 0 amide bonds. The Morgan fingerprint density at radius 1 is 1.44 bits per heavy atom. The molecule has 0 aromatic heterocycles. The van der Waals surface area contributed by atoms with Crippen molar-refractivity contribution < 1.29 is 0 Å². The van der Waals surface area contributed by atoms with Crippen LogP contribution in [0.3, 0.4) is 0 Å². The van der Waals surface area contributed by atoms with Gasteiger partial charge in [-0.25, -0.2) is 0 Å². The van der Waals surface area contributed by atoms with E-state index in [0.29, 0.717) is 10.4 Å². The predicted molar refractivity (Wildman–Crippen MR) is 84.7 cm³/mol. The van der Waals surface area contributed by atoms with Gasteiger partial charge in [0.2, 0.25) is 0 Å². The average Bonchev–Trinajstić information content (AvgIpc) is 2.68. The highest BCUT2D eigenvalue weighted by atomic mass is 32.2. The highest BCUT2D eigenvalue weighted by Crippen LogP contribution is 2.36. The number of thiocarbonyl (C=S) groups is 1. The third-order valence-electron chi connectivity index (χ3n) is 3.49. The Bertz CT molecular complexity index is 469. The van der Waals surface area contributed by atoms with E-state index in [9.17, 15) is 0 Å². The van der Waals surface area contributed by atoms with E-state index >= 15 is 0 Å². The van der Waals surface area contributed by atoms with Gasteiger partial charge in [-0.05, 0) is 30.2 Å². The van der Waals surface area contributed by atoms with E-state index in [0.717, 1.165) is 18.7 Å². The van der Waals surface area contributed by atoms with Crippen molar-refractivity contribution in [3.05, 3.63) is 23.8 Å². The van der Waals surface area contributed by atoms with Gasteiger partial charge >= 0.3 is 0 Å². The first-order valence-electron chi connectivity index (χ1n) is 6.16. The largest absolute Gasteiger partial charge is 0.389 e. The maximum Gasteiger partial charge on any atom is 0.107 e. The van der Waals surface area contributed by atoms with Crippen molar-refractivity contribution in [1.82, 2.24) is 0 Å². The number of nitrogens with two attached hydrogens (primary N) is 1. The Morgan fingerprint density at radius 2 is 2.17 bits per heavy atom. The summed E-state index contributed by atoms with van der Waals surface area (Å²) in [4.78, 5) is 4.08. The predicted octanol–water partition coefficient (Wildman–Crippen LogP) is 3.28. The summed E-state index contributed by atoms with van der Waals surface area (Å²) in [6.07, 6.45) is 3.28. The van der Waals surface area contributed by atoms with Gasteiger partial charge in [0.05, 0.1) is 0 Å². The Balaban J connectivity index is 2.42. The lowest BCUT2D eigenvalue weighted by Crippen LogP contribution is -2.26. The summed E-state index contributed by atoms with van der Waals surface area (Å²) in [6.45, 7) is 6.78. The molecule has 2 nitrogen and oxygen atoms in total. The topological polar surface area (TPSA) is 29.3 Å². The maximum absolute atomic E-state index is 5.92. The zero-order chi connectivity index (χ0) is 13.3. The molecule has 1 saturated heterocycles. The second-order valence-electron chi connectivity index (χ2n) is 5.55. The number of thioether (sulfide) groups is 1. The zero-order valence-electron chi connectivity index (χ0n) is 11.2. The van der Waals surface area contributed by atoms with Crippen molar-refractivity contribution in [3.63, 3.8) is 0 Å². The van der Waals surface area contributed by atoms with Crippen LogP contribution in [0.25, 0.3) is 0 Å². The van der Waals surface area contributed by atoms with Crippen LogP contribution in [0.1, 0.15) is 25.8 Å². The molecule has 2 rings (SSSR count). The van der Waals surface area contributed by atoms with Crippen LogP contribution in [0.5, 0.6) is 0 Å². The standard InChI is InChI=1S/C14H20N2S2/c1-14(2)7-8-16(9-14)10-5-4-6-11(18-3)12(10)13(15)17/h4-6H,7-9H2,1-3H3,(H2,15,17). The SMILES string of the molecule is CSc1cccc(N2CCC(C)(C)C2)c1C(N)=S. The Morgan fingerprint density at radius 3 is 2.67 bits per heavy atom. The zero-order valence-corrected chi connectivity index (χ0v) is 12.8. The molecule has 1 heterocycles. The van der Waals surface area contributed by atoms with E-state index in [-0.39, 0.29) is 0 Å². The monoisotopic (exact) mass is 280 g/mol. The van der Waals surface area contributed by atoms with Crippen molar-refractivity contribution in [1.29, 1.82) is 0 Å². The van der Waals surface area contributed by atoms with Crippen LogP contribution in [0.4, 0.5) is 5.69 Å². The normalized spacial score (nSPS) is 18.1. The van der Waals surface area contributed by atoms with E-state index in [1.54, 1.807) is 11.8 Å². The molecular weight excluding hydrogens is 260 g/mol. The first-order chi connectivity index (χ1) is 8.44. The number of benzene rings is 1. The van der Waals surface area contributed by atoms with E-state index in [1.807, 2.05) is 0 Å².